The van der Waals surface area contributed by atoms with Crippen LogP contribution in [0.2, 0.25) is 0 Å². The molecule has 0 saturated heterocycles. The van der Waals surface area contributed by atoms with Gasteiger partial charge in [-0.15, -0.1) is 11.8 Å². The molecule has 0 aliphatic heterocycles. The van der Waals surface area contributed by atoms with Gasteiger partial charge in [0.15, 0.2) is 0 Å². The molecule has 1 aromatic heterocycles. The van der Waals surface area contributed by atoms with Gasteiger partial charge in [-0.05, 0) is 12.3 Å². The van der Waals surface area contributed by atoms with Gasteiger partial charge in [0.2, 0.25) is 5.88 Å². The van der Waals surface area contributed by atoms with E-state index in [1.807, 2.05) is 30.5 Å². The first-order valence-electron chi connectivity index (χ1n) is 3.66. The van der Waals surface area contributed by atoms with Crippen molar-refractivity contribution < 1.29 is 5.11 Å². The van der Waals surface area contributed by atoms with E-state index in [1.54, 1.807) is 11.8 Å². The number of fused-ring (bicyclic) bond motifs is 1. The lowest BCUT2D eigenvalue weighted by molar-refractivity contribution is 0.446. The van der Waals surface area contributed by atoms with E-state index >= 15 is 0 Å². The summed E-state index contributed by atoms with van der Waals surface area (Å²) in [7, 11) is 0. The zero-order valence-corrected chi connectivity index (χ0v) is 7.48. The maximum Gasteiger partial charge on any atom is 0.203 e. The molecule has 0 fully saturated rings. The number of rotatable bonds is 1. The molecule has 2 aromatic rings. The Morgan fingerprint density at radius 2 is 2.08 bits per heavy atom. The van der Waals surface area contributed by atoms with Gasteiger partial charge in [0.25, 0.3) is 0 Å². The number of aromatic nitrogens is 1. The van der Waals surface area contributed by atoms with Crippen LogP contribution in [0.5, 0.6) is 5.88 Å². The Labute approximate surface area is 74.6 Å². The Bertz CT molecular complexity index is 408. The lowest BCUT2D eigenvalue weighted by Gasteiger charge is -1.91. The molecule has 0 saturated carbocycles. The fourth-order valence-corrected chi connectivity index (χ4v) is 1.95. The largest absolute Gasteiger partial charge is 0.494 e. The molecule has 1 aromatic carbocycles. The molecule has 0 aliphatic carbocycles. The van der Waals surface area contributed by atoms with Crippen LogP contribution >= 0.6 is 11.8 Å². The first-order chi connectivity index (χ1) is 5.83. The molecule has 0 unspecified atom stereocenters. The molecule has 62 valence electrons. The quantitative estimate of drug-likeness (QED) is 0.660. The van der Waals surface area contributed by atoms with Crippen LogP contribution in [0.4, 0.5) is 0 Å². The van der Waals surface area contributed by atoms with Crippen LogP contribution in [-0.2, 0) is 0 Å². The lowest BCUT2D eigenvalue weighted by Crippen LogP contribution is -1.65. The topological polar surface area (TPSA) is 36.0 Å². The van der Waals surface area contributed by atoms with Crippen LogP contribution in [0.3, 0.4) is 0 Å². The molecule has 0 aliphatic rings. The molecule has 2 N–H and O–H groups in total. The van der Waals surface area contributed by atoms with Gasteiger partial charge < -0.3 is 10.1 Å². The Balaban J connectivity index is 2.81. The number of aromatic amines is 1. The summed E-state index contributed by atoms with van der Waals surface area (Å²) in [6, 6.07) is 7.86. The molecule has 2 nitrogen and oxygen atoms in total. The number of hydrogen-bond donors (Lipinski definition) is 2. The zero-order chi connectivity index (χ0) is 8.55. The van der Waals surface area contributed by atoms with Gasteiger partial charge in [-0.25, -0.2) is 0 Å². The Kier molecular flexibility index (Phi) is 1.73. The monoisotopic (exact) mass is 179 g/mol. The van der Waals surface area contributed by atoms with Crippen LogP contribution in [-0.4, -0.2) is 16.3 Å². The minimum atomic E-state index is 0.267. The number of H-pyrrole nitrogens is 1. The van der Waals surface area contributed by atoms with Crippen molar-refractivity contribution in [2.75, 3.05) is 6.26 Å². The van der Waals surface area contributed by atoms with Crippen LogP contribution in [0.15, 0.2) is 29.2 Å². The number of nitrogens with one attached hydrogen (secondary N) is 1. The van der Waals surface area contributed by atoms with Gasteiger partial charge in [0.1, 0.15) is 0 Å². The highest BCUT2D eigenvalue weighted by atomic mass is 32.2. The van der Waals surface area contributed by atoms with E-state index in [4.69, 9.17) is 0 Å². The molecule has 3 heteroatoms. The molecule has 0 amide bonds. The second-order valence-corrected chi connectivity index (χ2v) is 3.37. The summed E-state index contributed by atoms with van der Waals surface area (Å²) in [4.78, 5) is 3.83. The van der Waals surface area contributed by atoms with E-state index in [0.29, 0.717) is 0 Å². The third kappa shape index (κ3) is 0.975. The second-order valence-electron chi connectivity index (χ2n) is 2.55. The third-order valence-corrected chi connectivity index (χ3v) is 2.67. The minimum absolute atomic E-state index is 0.267. The molecule has 2 rings (SSSR count). The van der Waals surface area contributed by atoms with Crippen molar-refractivity contribution in [3.05, 3.63) is 24.3 Å². The predicted octanol–water partition coefficient (Wildman–Crippen LogP) is 2.60. The Hall–Kier alpha value is -1.09. The Morgan fingerprint density at radius 3 is 2.83 bits per heavy atom. The molecule has 12 heavy (non-hydrogen) atoms. The van der Waals surface area contributed by atoms with Gasteiger partial charge in [-0.2, -0.15) is 0 Å². The summed E-state index contributed by atoms with van der Waals surface area (Å²) in [5, 5.41) is 10.5. The lowest BCUT2D eigenvalue weighted by atomic mass is 10.2. The molecular weight excluding hydrogens is 170 g/mol. The average molecular weight is 179 g/mol. The van der Waals surface area contributed by atoms with Gasteiger partial charge in [-0.3, -0.25) is 0 Å². The second kappa shape index (κ2) is 2.75. The van der Waals surface area contributed by atoms with Crippen LogP contribution in [0.25, 0.3) is 10.9 Å². The van der Waals surface area contributed by atoms with Crippen molar-refractivity contribution in [1.82, 2.24) is 4.98 Å². The van der Waals surface area contributed by atoms with Gasteiger partial charge in [-0.1, -0.05) is 18.2 Å². The van der Waals surface area contributed by atoms with Gasteiger partial charge >= 0.3 is 0 Å². The highest BCUT2D eigenvalue weighted by Crippen LogP contribution is 2.33. The molecular formula is C9H9NOS. The van der Waals surface area contributed by atoms with E-state index in [2.05, 4.69) is 4.98 Å². The van der Waals surface area contributed by atoms with Crippen LogP contribution in [0.1, 0.15) is 0 Å². The van der Waals surface area contributed by atoms with E-state index in [1.165, 1.54) is 0 Å². The highest BCUT2D eigenvalue weighted by molar-refractivity contribution is 7.99. The minimum Gasteiger partial charge on any atom is -0.494 e. The number of para-hydroxylation sites is 1. The van der Waals surface area contributed by atoms with Gasteiger partial charge in [0, 0.05) is 10.9 Å². The van der Waals surface area contributed by atoms with Crippen molar-refractivity contribution in [2.45, 2.75) is 4.90 Å². The fraction of sp³-hybridized carbons (Fsp3) is 0.111. The number of benzene rings is 1. The normalized spacial score (nSPS) is 10.8. The van der Waals surface area contributed by atoms with Crippen LogP contribution in [0, 0.1) is 0 Å². The highest BCUT2D eigenvalue weighted by Gasteiger charge is 2.07. The summed E-state index contributed by atoms with van der Waals surface area (Å²) in [6.45, 7) is 0. The van der Waals surface area contributed by atoms with E-state index in [0.717, 1.165) is 15.8 Å². The smallest absolute Gasteiger partial charge is 0.203 e. The summed E-state index contributed by atoms with van der Waals surface area (Å²) >= 11 is 1.55. The fourth-order valence-electron chi connectivity index (χ4n) is 1.31. The first kappa shape index (κ1) is 7.55. The molecule has 0 spiro atoms. The average Bonchev–Trinajstić information content (AvgIpc) is 2.40. The predicted molar refractivity (Wildman–Crippen MR) is 51.7 cm³/mol. The van der Waals surface area contributed by atoms with Crippen molar-refractivity contribution in [1.29, 1.82) is 0 Å². The molecule has 1 heterocycles. The van der Waals surface area contributed by atoms with Gasteiger partial charge in [0.05, 0.1) is 4.90 Å². The summed E-state index contributed by atoms with van der Waals surface area (Å²) in [5.41, 5.74) is 0.986. The maximum absolute atomic E-state index is 9.46. The number of thioether (sulfide) groups is 1. The van der Waals surface area contributed by atoms with Crippen molar-refractivity contribution >= 4 is 22.7 Å². The van der Waals surface area contributed by atoms with Crippen molar-refractivity contribution in [3.8, 4) is 5.88 Å². The molecule has 0 bridgehead atoms. The van der Waals surface area contributed by atoms with E-state index < -0.39 is 0 Å². The Morgan fingerprint density at radius 1 is 1.33 bits per heavy atom. The summed E-state index contributed by atoms with van der Waals surface area (Å²) in [6.07, 6.45) is 1.95. The SMILES string of the molecule is CSc1c(O)[nH]c2ccccc12. The zero-order valence-electron chi connectivity index (χ0n) is 6.66. The molecule has 0 atom stereocenters. The van der Waals surface area contributed by atoms with Crippen LogP contribution < -0.4 is 0 Å². The number of aromatic hydroxyl groups is 1. The van der Waals surface area contributed by atoms with Crippen molar-refractivity contribution in [2.24, 2.45) is 0 Å². The third-order valence-electron chi connectivity index (χ3n) is 1.84. The number of hydrogen-bond acceptors (Lipinski definition) is 2. The van der Waals surface area contributed by atoms with E-state index in [9.17, 15) is 5.11 Å². The molecule has 0 radical (unpaired) electrons. The van der Waals surface area contributed by atoms with Crippen molar-refractivity contribution in [3.63, 3.8) is 0 Å². The standard InChI is InChI=1S/C9H9NOS/c1-12-8-6-4-2-3-5-7(6)10-9(8)11/h2-5,10-11H,1H3. The summed E-state index contributed by atoms with van der Waals surface area (Å²) in [5.74, 6) is 0.267. The maximum atomic E-state index is 9.46. The van der Waals surface area contributed by atoms with E-state index in [-0.39, 0.29) is 5.88 Å². The first-order valence-corrected chi connectivity index (χ1v) is 4.89. The summed E-state index contributed by atoms with van der Waals surface area (Å²) < 4.78 is 0.